The van der Waals surface area contributed by atoms with E-state index in [1.165, 1.54) is 12.0 Å². The number of rotatable bonds is 9. The van der Waals surface area contributed by atoms with Crippen LogP contribution in [0.2, 0.25) is 0 Å². The number of hydrogen-bond donors (Lipinski definition) is 1. The van der Waals surface area contributed by atoms with Crippen molar-refractivity contribution in [3.63, 3.8) is 0 Å². The number of benzene rings is 1. The molecule has 2 rings (SSSR count). The molecule has 1 heterocycles. The van der Waals surface area contributed by atoms with Gasteiger partial charge < -0.3 is 19.5 Å². The van der Waals surface area contributed by atoms with Crippen molar-refractivity contribution in [1.29, 1.82) is 0 Å². The number of hydrogen-bond acceptors (Lipinski definition) is 4. The molecule has 5 heteroatoms. The zero-order valence-corrected chi connectivity index (χ0v) is 14.2. The van der Waals surface area contributed by atoms with Gasteiger partial charge in [0.15, 0.2) is 0 Å². The van der Waals surface area contributed by atoms with Crippen molar-refractivity contribution in [2.24, 2.45) is 0 Å². The molecule has 118 valence electrons. The molecule has 4 nitrogen and oxygen atoms in total. The molecular formula is C16H24BrNO3. The first-order valence-electron chi connectivity index (χ1n) is 7.52. The topological polar surface area (TPSA) is 39.7 Å². The standard InChI is InChI=1S/C16H24BrNO3/c1-19-10-7-18-12-13-4-5-16(15(17)11-13)21-9-6-14-3-2-8-20-14/h4-5,11,14,18H,2-3,6-10,12H2,1H3. The van der Waals surface area contributed by atoms with Gasteiger partial charge in [-0.1, -0.05) is 6.07 Å². The molecule has 1 unspecified atom stereocenters. The summed E-state index contributed by atoms with van der Waals surface area (Å²) in [5.74, 6) is 0.897. The summed E-state index contributed by atoms with van der Waals surface area (Å²) in [7, 11) is 1.71. The van der Waals surface area contributed by atoms with Crippen LogP contribution in [0.1, 0.15) is 24.8 Å². The fraction of sp³-hybridized carbons (Fsp3) is 0.625. The molecule has 0 radical (unpaired) electrons. The van der Waals surface area contributed by atoms with Crippen molar-refractivity contribution in [3.05, 3.63) is 28.2 Å². The molecule has 0 bridgehead atoms. The number of ether oxygens (including phenoxy) is 3. The minimum Gasteiger partial charge on any atom is -0.492 e. The summed E-state index contributed by atoms with van der Waals surface area (Å²) in [5.41, 5.74) is 1.23. The molecule has 0 aromatic heterocycles. The molecule has 1 aliphatic rings. The van der Waals surface area contributed by atoms with Crippen LogP contribution < -0.4 is 10.1 Å². The van der Waals surface area contributed by atoms with E-state index in [1.54, 1.807) is 7.11 Å². The molecule has 0 aliphatic carbocycles. The predicted molar refractivity (Wildman–Crippen MR) is 86.8 cm³/mol. The smallest absolute Gasteiger partial charge is 0.133 e. The van der Waals surface area contributed by atoms with E-state index >= 15 is 0 Å². The lowest BCUT2D eigenvalue weighted by molar-refractivity contribution is 0.0902. The highest BCUT2D eigenvalue weighted by molar-refractivity contribution is 9.10. The van der Waals surface area contributed by atoms with Crippen LogP contribution in [0.4, 0.5) is 0 Å². The fourth-order valence-corrected chi connectivity index (χ4v) is 2.89. The number of halogens is 1. The zero-order chi connectivity index (χ0) is 14.9. The van der Waals surface area contributed by atoms with Crippen LogP contribution in [-0.2, 0) is 16.0 Å². The average Bonchev–Trinajstić information content (AvgIpc) is 2.99. The summed E-state index contributed by atoms with van der Waals surface area (Å²) in [6.45, 7) is 4.02. The first kappa shape index (κ1) is 16.7. The van der Waals surface area contributed by atoms with Gasteiger partial charge in [-0.25, -0.2) is 0 Å². The molecule has 21 heavy (non-hydrogen) atoms. The van der Waals surface area contributed by atoms with Crippen LogP contribution in [0.25, 0.3) is 0 Å². The van der Waals surface area contributed by atoms with Gasteiger partial charge in [0.25, 0.3) is 0 Å². The normalized spacial score (nSPS) is 18.1. The van der Waals surface area contributed by atoms with Crippen molar-refractivity contribution < 1.29 is 14.2 Å². The highest BCUT2D eigenvalue weighted by Gasteiger charge is 2.15. The lowest BCUT2D eigenvalue weighted by Crippen LogP contribution is -2.18. The van der Waals surface area contributed by atoms with Gasteiger partial charge in [0.05, 0.1) is 23.8 Å². The van der Waals surface area contributed by atoms with Crippen LogP contribution in [0.3, 0.4) is 0 Å². The number of nitrogens with one attached hydrogen (secondary N) is 1. The third-order valence-corrected chi connectivity index (χ3v) is 4.15. The third kappa shape index (κ3) is 5.94. The summed E-state index contributed by atoms with van der Waals surface area (Å²) in [6, 6.07) is 6.21. The Kier molecular flexibility index (Phi) is 7.50. The molecule has 0 saturated carbocycles. The van der Waals surface area contributed by atoms with Crippen LogP contribution in [-0.4, -0.2) is 39.6 Å². The Morgan fingerprint density at radius 1 is 1.38 bits per heavy atom. The van der Waals surface area contributed by atoms with Crippen LogP contribution in [0.15, 0.2) is 22.7 Å². The zero-order valence-electron chi connectivity index (χ0n) is 12.6. The SMILES string of the molecule is COCCNCc1ccc(OCCC2CCCO2)c(Br)c1. The first-order chi connectivity index (χ1) is 10.3. The minimum absolute atomic E-state index is 0.382. The Bertz CT molecular complexity index is 422. The van der Waals surface area contributed by atoms with E-state index in [4.69, 9.17) is 14.2 Å². The summed E-state index contributed by atoms with van der Waals surface area (Å²) in [6.07, 6.45) is 3.69. The second-order valence-corrected chi connectivity index (χ2v) is 6.06. The lowest BCUT2D eigenvalue weighted by Gasteiger charge is -2.12. The Balaban J connectivity index is 1.73. The molecule has 0 spiro atoms. The van der Waals surface area contributed by atoms with E-state index in [2.05, 4.69) is 33.4 Å². The second-order valence-electron chi connectivity index (χ2n) is 5.21. The largest absolute Gasteiger partial charge is 0.492 e. The van der Waals surface area contributed by atoms with Crippen molar-refractivity contribution in [1.82, 2.24) is 5.32 Å². The lowest BCUT2D eigenvalue weighted by atomic mass is 10.2. The highest BCUT2D eigenvalue weighted by atomic mass is 79.9. The van der Waals surface area contributed by atoms with Crippen molar-refractivity contribution >= 4 is 15.9 Å². The third-order valence-electron chi connectivity index (χ3n) is 3.53. The molecule has 1 fully saturated rings. The second kappa shape index (κ2) is 9.41. The molecule has 1 aromatic rings. The first-order valence-corrected chi connectivity index (χ1v) is 8.31. The summed E-state index contributed by atoms with van der Waals surface area (Å²) in [4.78, 5) is 0. The van der Waals surface area contributed by atoms with Gasteiger partial charge >= 0.3 is 0 Å². The Morgan fingerprint density at radius 2 is 2.29 bits per heavy atom. The van der Waals surface area contributed by atoms with E-state index in [0.717, 1.165) is 49.4 Å². The maximum absolute atomic E-state index is 5.83. The fourth-order valence-electron chi connectivity index (χ4n) is 2.35. The van der Waals surface area contributed by atoms with Gasteiger partial charge in [-0.05, 0) is 46.5 Å². The maximum atomic E-state index is 5.83. The summed E-state index contributed by atoms with van der Waals surface area (Å²) < 4.78 is 17.4. The van der Waals surface area contributed by atoms with Crippen molar-refractivity contribution in [2.45, 2.75) is 31.9 Å². The van der Waals surface area contributed by atoms with Crippen LogP contribution >= 0.6 is 15.9 Å². The van der Waals surface area contributed by atoms with E-state index in [1.807, 2.05) is 6.07 Å². The summed E-state index contributed by atoms with van der Waals surface area (Å²) >= 11 is 3.57. The van der Waals surface area contributed by atoms with E-state index in [9.17, 15) is 0 Å². The summed E-state index contributed by atoms with van der Waals surface area (Å²) in [5, 5.41) is 3.33. The van der Waals surface area contributed by atoms with Gasteiger partial charge in [0, 0.05) is 33.2 Å². The van der Waals surface area contributed by atoms with Gasteiger partial charge in [-0.2, -0.15) is 0 Å². The molecule has 1 atom stereocenters. The Hall–Kier alpha value is -0.620. The van der Waals surface area contributed by atoms with Gasteiger partial charge in [0.1, 0.15) is 5.75 Å². The van der Waals surface area contributed by atoms with Crippen molar-refractivity contribution in [2.75, 3.05) is 33.5 Å². The maximum Gasteiger partial charge on any atom is 0.133 e. The molecule has 1 aliphatic heterocycles. The monoisotopic (exact) mass is 357 g/mol. The van der Waals surface area contributed by atoms with Crippen molar-refractivity contribution in [3.8, 4) is 5.75 Å². The number of methoxy groups -OCH3 is 1. The van der Waals surface area contributed by atoms with Gasteiger partial charge in [-0.15, -0.1) is 0 Å². The van der Waals surface area contributed by atoms with E-state index in [0.29, 0.717) is 12.7 Å². The molecular weight excluding hydrogens is 334 g/mol. The van der Waals surface area contributed by atoms with Crippen LogP contribution in [0, 0.1) is 0 Å². The molecule has 1 aromatic carbocycles. The average molecular weight is 358 g/mol. The predicted octanol–water partition coefficient (Wildman–Crippen LogP) is 3.13. The van der Waals surface area contributed by atoms with Gasteiger partial charge in [-0.3, -0.25) is 0 Å². The highest BCUT2D eigenvalue weighted by Crippen LogP contribution is 2.26. The quantitative estimate of drug-likeness (QED) is 0.689. The van der Waals surface area contributed by atoms with Gasteiger partial charge in [0.2, 0.25) is 0 Å². The van der Waals surface area contributed by atoms with E-state index < -0.39 is 0 Å². The molecule has 0 amide bonds. The Morgan fingerprint density at radius 3 is 3.00 bits per heavy atom. The Labute approximate surface area is 135 Å². The van der Waals surface area contributed by atoms with Crippen LogP contribution in [0.5, 0.6) is 5.75 Å². The van der Waals surface area contributed by atoms with E-state index in [-0.39, 0.29) is 0 Å². The molecule has 1 saturated heterocycles. The minimum atomic E-state index is 0.382. The molecule has 1 N–H and O–H groups in total.